The number of nitrogens with one attached hydrogen (secondary N) is 1. The van der Waals surface area contributed by atoms with Gasteiger partial charge < -0.3 is 28.7 Å². The first-order chi connectivity index (χ1) is 27.2. The summed E-state index contributed by atoms with van der Waals surface area (Å²) in [6, 6.07) is 32.9. The molecule has 8 rings (SSSR count). The highest BCUT2D eigenvalue weighted by atomic mass is 16.7. The van der Waals surface area contributed by atoms with Gasteiger partial charge >= 0.3 is 30.1 Å². The van der Waals surface area contributed by atoms with E-state index < -0.39 is 48.4 Å². The molecule has 3 heterocycles. The summed E-state index contributed by atoms with van der Waals surface area (Å²) < 4.78 is 31.9. The van der Waals surface area contributed by atoms with E-state index in [0.29, 0.717) is 16.9 Å². The first-order valence-electron chi connectivity index (χ1n) is 18.1. The first-order valence-corrected chi connectivity index (χ1v) is 18.1. The minimum Gasteiger partial charge on any atom is -0.459 e. The number of carbonyl (C=O) groups excluding carboxylic acids is 4. The van der Waals surface area contributed by atoms with Crippen LogP contribution in [0.15, 0.2) is 128 Å². The van der Waals surface area contributed by atoms with E-state index in [9.17, 15) is 19.2 Å². The molecule has 1 fully saturated rings. The molecule has 1 aliphatic rings. The fourth-order valence-corrected chi connectivity index (χ4v) is 7.33. The zero-order chi connectivity index (χ0) is 38.9. The molecule has 0 saturated carbocycles. The van der Waals surface area contributed by atoms with Crippen LogP contribution in [0.5, 0.6) is 5.75 Å². The van der Waals surface area contributed by atoms with Crippen LogP contribution in [-0.2, 0) is 23.7 Å². The van der Waals surface area contributed by atoms with Crippen molar-refractivity contribution in [3.63, 3.8) is 0 Å². The molecule has 1 saturated heterocycles. The van der Waals surface area contributed by atoms with Crippen molar-refractivity contribution in [2.45, 2.75) is 45.3 Å². The summed E-state index contributed by atoms with van der Waals surface area (Å²) in [6.07, 6.45) is -0.682. The van der Waals surface area contributed by atoms with Gasteiger partial charge in [0, 0.05) is 34.7 Å². The lowest BCUT2D eigenvalue weighted by molar-refractivity contribution is -0.764. The van der Waals surface area contributed by atoms with Crippen molar-refractivity contribution in [1.82, 2.24) is 4.98 Å². The second-order valence-corrected chi connectivity index (χ2v) is 13.6. The number of aromatic nitrogens is 2. The summed E-state index contributed by atoms with van der Waals surface area (Å²) in [5.41, 5.74) is 4.69. The summed E-state index contributed by atoms with van der Waals surface area (Å²) in [7, 11) is 0. The van der Waals surface area contributed by atoms with Crippen molar-refractivity contribution in [3.05, 3.63) is 155 Å². The molecular formula is C45H37N2O9+. The highest BCUT2D eigenvalue weighted by Crippen LogP contribution is 2.38. The normalized spacial score (nSPS) is 17.8. The minimum atomic E-state index is -1.19. The fourth-order valence-electron chi connectivity index (χ4n) is 7.33. The van der Waals surface area contributed by atoms with Gasteiger partial charge in [-0.05, 0) is 85.0 Å². The van der Waals surface area contributed by atoms with Gasteiger partial charge in [0.25, 0.3) is 0 Å². The molecule has 11 nitrogen and oxygen atoms in total. The van der Waals surface area contributed by atoms with Gasteiger partial charge in [0.15, 0.2) is 18.5 Å². The number of esters is 4. The zero-order valence-electron chi connectivity index (χ0n) is 30.8. The minimum absolute atomic E-state index is 0.285. The molecule has 1 N–H and O–H groups in total. The van der Waals surface area contributed by atoms with Gasteiger partial charge in [0.2, 0.25) is 6.10 Å². The zero-order valence-corrected chi connectivity index (χ0v) is 30.8. The number of hydrogen-bond acceptors (Lipinski definition) is 9. The highest BCUT2D eigenvalue weighted by molar-refractivity contribution is 6.16. The maximum absolute atomic E-state index is 13.7. The largest absolute Gasteiger partial charge is 0.459 e. The number of hydrogen-bond donors (Lipinski definition) is 1. The Morgan fingerprint density at radius 2 is 1.27 bits per heavy atom. The standard InChI is InChI=1S/C45H36N2O9/c1-26-35-24-47(22-21-33(35)27(2)39-38(26)34-23-32(53-28(3)48)19-20-36(34)46-39)42-41(56-45(51)31-17-11-6-12-18-31)40(55-44(50)30-15-9-5-10-16-30)37(54-42)25-52-43(49)29-13-7-4-8-14-29/h4-24,37,40-42H,25H2,1-3H3/p+1/t37-,40-,41+,42+/m0/s1. The third-order valence-electron chi connectivity index (χ3n) is 10.0. The first kappa shape index (κ1) is 36.1. The molecule has 0 radical (unpaired) electrons. The lowest BCUT2D eigenvalue weighted by atomic mass is 9.97. The van der Waals surface area contributed by atoms with E-state index in [2.05, 4.69) is 4.98 Å². The number of ether oxygens (including phenoxy) is 5. The monoisotopic (exact) mass is 749 g/mol. The number of nitrogens with zero attached hydrogens (tertiary/aromatic N) is 1. The lowest BCUT2D eigenvalue weighted by Crippen LogP contribution is -2.48. The van der Waals surface area contributed by atoms with Gasteiger partial charge in [0.1, 0.15) is 18.5 Å². The van der Waals surface area contributed by atoms with E-state index in [-0.39, 0.29) is 12.2 Å². The predicted molar refractivity (Wildman–Crippen MR) is 206 cm³/mol. The van der Waals surface area contributed by atoms with Crippen LogP contribution in [0.1, 0.15) is 55.4 Å². The molecule has 7 aromatic rings. The Bertz CT molecular complexity index is 2620. The molecule has 56 heavy (non-hydrogen) atoms. The molecule has 2 aromatic heterocycles. The Balaban J connectivity index is 1.23. The van der Waals surface area contributed by atoms with Gasteiger partial charge in [-0.2, -0.15) is 4.57 Å². The number of pyridine rings is 1. The van der Waals surface area contributed by atoms with E-state index in [1.54, 1.807) is 102 Å². The molecule has 11 heteroatoms. The van der Waals surface area contributed by atoms with Gasteiger partial charge in [-0.1, -0.05) is 54.6 Å². The van der Waals surface area contributed by atoms with Crippen molar-refractivity contribution < 1.29 is 47.4 Å². The lowest BCUT2D eigenvalue weighted by Gasteiger charge is -2.23. The number of carbonyl (C=O) groups is 4. The van der Waals surface area contributed by atoms with Crippen LogP contribution in [0, 0.1) is 13.8 Å². The van der Waals surface area contributed by atoms with Crippen LogP contribution >= 0.6 is 0 Å². The number of H-pyrrole nitrogens is 1. The predicted octanol–water partition coefficient (Wildman–Crippen LogP) is 7.51. The van der Waals surface area contributed by atoms with Gasteiger partial charge in [-0.25, -0.2) is 14.4 Å². The van der Waals surface area contributed by atoms with Gasteiger partial charge in [-0.3, -0.25) is 4.79 Å². The van der Waals surface area contributed by atoms with E-state index in [4.69, 9.17) is 23.7 Å². The topological polar surface area (TPSA) is 134 Å². The molecule has 0 amide bonds. The van der Waals surface area contributed by atoms with Crippen molar-refractivity contribution in [3.8, 4) is 5.75 Å². The Labute approximate surface area is 321 Å². The van der Waals surface area contributed by atoms with Crippen LogP contribution in [0.3, 0.4) is 0 Å². The van der Waals surface area contributed by atoms with Crippen molar-refractivity contribution in [1.29, 1.82) is 0 Å². The van der Waals surface area contributed by atoms with Crippen LogP contribution in [0.2, 0.25) is 0 Å². The van der Waals surface area contributed by atoms with Crippen LogP contribution in [0.4, 0.5) is 0 Å². The SMILES string of the molecule is CC(=O)Oc1ccc2[nH]c3c(C)c4cc[n+]([C@@H]5O[C@@H](COC(=O)c6ccccc6)[C@H](OC(=O)c6ccccc6)[C@H]5OC(=O)c5ccccc5)cc4c(C)c3c2c1. The van der Waals surface area contributed by atoms with Gasteiger partial charge in [0.05, 0.1) is 22.2 Å². The second-order valence-electron chi connectivity index (χ2n) is 13.6. The Hall–Kier alpha value is -6.85. The quantitative estimate of drug-likeness (QED) is 0.0689. The number of fused-ring (bicyclic) bond motifs is 4. The number of aryl methyl sites for hydroxylation is 2. The molecule has 1 aliphatic heterocycles. The summed E-state index contributed by atoms with van der Waals surface area (Å²) in [5, 5.41) is 3.69. The summed E-state index contributed by atoms with van der Waals surface area (Å²) in [6.45, 7) is 5.10. The molecule has 0 spiro atoms. The third kappa shape index (κ3) is 6.96. The van der Waals surface area contributed by atoms with Crippen molar-refractivity contribution >= 4 is 56.5 Å². The Morgan fingerprint density at radius 1 is 0.679 bits per heavy atom. The smallest absolute Gasteiger partial charge is 0.338 e. The number of rotatable bonds is 9. The van der Waals surface area contributed by atoms with E-state index in [0.717, 1.165) is 43.7 Å². The molecule has 5 aromatic carbocycles. The molecular weight excluding hydrogens is 712 g/mol. The molecule has 0 aliphatic carbocycles. The molecule has 280 valence electrons. The number of aromatic amines is 1. The van der Waals surface area contributed by atoms with Gasteiger partial charge in [-0.15, -0.1) is 0 Å². The second kappa shape index (κ2) is 15.1. The summed E-state index contributed by atoms with van der Waals surface area (Å²) in [5.74, 6) is -1.88. The third-order valence-corrected chi connectivity index (χ3v) is 10.0. The van der Waals surface area contributed by atoms with Crippen LogP contribution in [-0.4, -0.2) is 53.8 Å². The maximum atomic E-state index is 13.7. The molecule has 4 atom stereocenters. The van der Waals surface area contributed by atoms with Crippen LogP contribution in [0.25, 0.3) is 32.6 Å². The summed E-state index contributed by atoms with van der Waals surface area (Å²) >= 11 is 0. The fraction of sp³-hybridized carbons (Fsp3) is 0.178. The average molecular weight is 750 g/mol. The van der Waals surface area contributed by atoms with Crippen molar-refractivity contribution in [2.75, 3.05) is 6.61 Å². The molecule has 0 unspecified atom stereocenters. The highest BCUT2D eigenvalue weighted by Gasteiger charge is 2.55. The van der Waals surface area contributed by atoms with Crippen molar-refractivity contribution in [2.24, 2.45) is 0 Å². The molecule has 0 bridgehead atoms. The Kier molecular flexibility index (Phi) is 9.76. The number of benzene rings is 5. The Morgan fingerprint density at radius 3 is 1.88 bits per heavy atom. The van der Waals surface area contributed by atoms with E-state index in [1.807, 2.05) is 44.4 Å². The van der Waals surface area contributed by atoms with E-state index >= 15 is 0 Å². The summed E-state index contributed by atoms with van der Waals surface area (Å²) in [4.78, 5) is 55.8. The average Bonchev–Trinajstić information content (AvgIpc) is 3.77. The van der Waals surface area contributed by atoms with E-state index in [1.165, 1.54) is 6.92 Å². The van der Waals surface area contributed by atoms with Crippen LogP contribution < -0.4 is 9.30 Å². The maximum Gasteiger partial charge on any atom is 0.338 e.